The number of carbonyl (C=O) groups excluding carboxylic acids is 2. The van der Waals surface area contributed by atoms with E-state index in [2.05, 4.69) is 45.4 Å². The summed E-state index contributed by atoms with van der Waals surface area (Å²) < 4.78 is 6.80. The Hall–Kier alpha value is -3.16. The van der Waals surface area contributed by atoms with Crippen molar-refractivity contribution in [2.45, 2.75) is 52.0 Å². The molecule has 1 N–H and O–H groups in total. The zero-order chi connectivity index (χ0) is 28.4. The number of nitrogens with zero attached hydrogens (tertiary/aromatic N) is 3. The fraction of sp³-hybridized carbons (Fsp3) is 0.345. The smallest absolute Gasteiger partial charge is 0.265 e. The highest BCUT2D eigenvalue weighted by Gasteiger charge is 2.37. The molecule has 1 aromatic heterocycles. The van der Waals surface area contributed by atoms with E-state index >= 15 is 0 Å². The lowest BCUT2D eigenvalue weighted by molar-refractivity contribution is 0.0766. The van der Waals surface area contributed by atoms with Crippen molar-refractivity contribution < 1.29 is 14.0 Å². The van der Waals surface area contributed by atoms with Crippen LogP contribution < -0.4 is 10.2 Å². The molecule has 2 heterocycles. The molecule has 4 rings (SSSR count). The molecule has 10 heteroatoms. The molecule has 204 valence electrons. The molecule has 0 radical (unpaired) electrons. The van der Waals surface area contributed by atoms with Crippen molar-refractivity contribution in [3.05, 3.63) is 80.5 Å². The number of fused-ring (bicyclic) bond motifs is 1. The van der Waals surface area contributed by atoms with E-state index in [9.17, 15) is 14.9 Å². The summed E-state index contributed by atoms with van der Waals surface area (Å²) >= 11 is 7.18. The molecular weight excluding hydrogens is 548 g/mol. The summed E-state index contributed by atoms with van der Waals surface area (Å²) in [6, 6.07) is 16.4. The summed E-state index contributed by atoms with van der Waals surface area (Å²) in [5.74, 6) is -0.349. The predicted molar refractivity (Wildman–Crippen MR) is 160 cm³/mol. The van der Waals surface area contributed by atoms with E-state index in [0.717, 1.165) is 16.8 Å². The van der Waals surface area contributed by atoms with E-state index in [0.29, 0.717) is 46.7 Å². The maximum absolute atomic E-state index is 13.2. The molecule has 3 aromatic rings. The number of carbonyl (C=O) groups is 2. The number of hydrogen-bond acceptors (Lipinski definition) is 6. The monoisotopic (exact) mass is 580 g/mol. The van der Waals surface area contributed by atoms with Gasteiger partial charge in [-0.25, -0.2) is 0 Å². The molecule has 0 saturated carbocycles. The van der Waals surface area contributed by atoms with Crippen molar-refractivity contribution in [1.82, 2.24) is 4.90 Å². The van der Waals surface area contributed by atoms with Crippen LogP contribution in [0.1, 0.15) is 51.9 Å². The molecule has 0 bridgehead atoms. The van der Waals surface area contributed by atoms with Crippen LogP contribution in [0, 0.1) is 11.5 Å². The Kier molecular flexibility index (Phi) is 8.52. The first-order chi connectivity index (χ1) is 18.4. The minimum absolute atomic E-state index is 0.0921. The lowest BCUT2D eigenvalue weighted by atomic mass is 10.1. The van der Waals surface area contributed by atoms with Crippen LogP contribution in [0.15, 0.2) is 54.6 Å². The highest BCUT2D eigenvalue weighted by Crippen LogP contribution is 2.36. The van der Waals surface area contributed by atoms with Gasteiger partial charge in [0.1, 0.15) is 0 Å². The zero-order valence-electron chi connectivity index (χ0n) is 22.9. The van der Waals surface area contributed by atoms with Gasteiger partial charge >= 0.3 is 0 Å². The van der Waals surface area contributed by atoms with Crippen LogP contribution in [0.3, 0.4) is 0 Å². The van der Waals surface area contributed by atoms with Crippen molar-refractivity contribution in [1.29, 1.82) is 5.26 Å². The first-order valence-corrected chi connectivity index (χ1v) is 16.9. The van der Waals surface area contributed by atoms with Crippen molar-refractivity contribution in [2.75, 3.05) is 23.4 Å². The second kappa shape index (κ2) is 11.5. The molecule has 39 heavy (non-hydrogen) atoms. The topological polar surface area (TPSA) is 85.7 Å². The Morgan fingerprint density at radius 3 is 2.62 bits per heavy atom. The summed E-state index contributed by atoms with van der Waals surface area (Å²) in [4.78, 5) is 29.8. The molecule has 0 aliphatic carbocycles. The summed E-state index contributed by atoms with van der Waals surface area (Å²) in [6.45, 7) is 12.7. The van der Waals surface area contributed by atoms with Gasteiger partial charge in [0.2, 0.25) is 0 Å². The Balaban J connectivity index is 1.43. The molecule has 0 spiro atoms. The maximum Gasteiger partial charge on any atom is 0.265 e. The number of nitrogens with one attached hydrogen (secondary N) is 1. The third-order valence-electron chi connectivity index (χ3n) is 7.39. The number of thiophene rings is 1. The van der Waals surface area contributed by atoms with Gasteiger partial charge in [-0.15, -0.1) is 11.3 Å². The fourth-order valence-corrected chi connectivity index (χ4v) is 6.12. The van der Waals surface area contributed by atoms with Crippen molar-refractivity contribution >= 4 is 54.4 Å². The molecule has 1 aliphatic rings. The summed E-state index contributed by atoms with van der Waals surface area (Å²) in [6.07, 6.45) is 2.27. The SMILES string of the molecule is CC(C)(C)[Si](C)(C)OCCN(C#N)c1cccc(CN2Cc3c(NC(=O)c4ccc(Cl)s4)cccc3C2=O)c1. The van der Waals surface area contributed by atoms with Gasteiger partial charge in [0.05, 0.1) is 28.1 Å². The van der Waals surface area contributed by atoms with Crippen molar-refractivity contribution in [3.8, 4) is 6.19 Å². The second-order valence-electron chi connectivity index (χ2n) is 11.1. The van der Waals surface area contributed by atoms with Gasteiger partial charge in [-0.05, 0) is 60.1 Å². The second-order valence-corrected chi connectivity index (χ2v) is 17.6. The summed E-state index contributed by atoms with van der Waals surface area (Å²) in [5, 5.41) is 12.8. The number of nitriles is 1. The first-order valence-electron chi connectivity index (χ1n) is 12.8. The van der Waals surface area contributed by atoms with E-state index in [1.165, 1.54) is 11.3 Å². The molecule has 0 fully saturated rings. The van der Waals surface area contributed by atoms with E-state index in [4.69, 9.17) is 16.0 Å². The van der Waals surface area contributed by atoms with Gasteiger partial charge in [-0.1, -0.05) is 50.6 Å². The molecule has 2 amide bonds. The minimum atomic E-state index is -1.91. The van der Waals surface area contributed by atoms with Crippen molar-refractivity contribution in [2.24, 2.45) is 0 Å². The van der Waals surface area contributed by atoms with Gasteiger partial charge in [0, 0.05) is 29.9 Å². The maximum atomic E-state index is 13.2. The van der Waals surface area contributed by atoms with Crippen LogP contribution in [0.4, 0.5) is 11.4 Å². The van der Waals surface area contributed by atoms with Gasteiger partial charge < -0.3 is 14.6 Å². The zero-order valence-corrected chi connectivity index (χ0v) is 25.4. The van der Waals surface area contributed by atoms with Gasteiger partial charge in [0.15, 0.2) is 14.5 Å². The fourth-order valence-electron chi connectivity index (χ4n) is 4.14. The average molecular weight is 581 g/mol. The summed E-state index contributed by atoms with van der Waals surface area (Å²) in [7, 11) is -1.91. The molecule has 0 unspecified atom stereocenters. The number of amides is 2. The Bertz CT molecular complexity index is 1430. The molecule has 7 nitrogen and oxygen atoms in total. The van der Waals surface area contributed by atoms with E-state index in [-0.39, 0.29) is 16.9 Å². The number of halogens is 1. The van der Waals surface area contributed by atoms with Crippen LogP contribution in [-0.4, -0.2) is 38.2 Å². The Morgan fingerprint density at radius 1 is 1.21 bits per heavy atom. The normalized spacial score (nSPS) is 13.3. The van der Waals surface area contributed by atoms with E-state index in [1.807, 2.05) is 24.3 Å². The first kappa shape index (κ1) is 28.8. The number of anilines is 2. The highest BCUT2D eigenvalue weighted by atomic mass is 35.5. The number of hydrogen-bond donors (Lipinski definition) is 1. The largest absolute Gasteiger partial charge is 0.415 e. The van der Waals surface area contributed by atoms with E-state index in [1.54, 1.807) is 40.1 Å². The quantitative estimate of drug-likeness (QED) is 0.165. The van der Waals surface area contributed by atoms with Crippen LogP contribution in [0.5, 0.6) is 0 Å². The van der Waals surface area contributed by atoms with Gasteiger partial charge in [0.25, 0.3) is 11.8 Å². The van der Waals surface area contributed by atoms with E-state index < -0.39 is 8.32 Å². The average Bonchev–Trinajstić information content (AvgIpc) is 3.45. The van der Waals surface area contributed by atoms with Gasteiger partial charge in [-0.2, -0.15) is 5.26 Å². The summed E-state index contributed by atoms with van der Waals surface area (Å²) in [5.41, 5.74) is 3.66. The molecule has 0 atom stereocenters. The third-order valence-corrected chi connectivity index (χ3v) is 13.2. The standard InChI is InChI=1S/C29H33ClN4O3SSi/c1-29(2,3)39(4,5)37-15-14-33(19-31)21-9-6-8-20(16-21)17-34-18-23-22(28(34)36)10-7-11-24(23)32-27(35)25-12-13-26(30)38-25/h6-13,16H,14-15,17-18H2,1-5H3,(H,32,35). The minimum Gasteiger partial charge on any atom is -0.415 e. The predicted octanol–water partition coefficient (Wildman–Crippen LogP) is 7.12. The number of rotatable bonds is 9. The van der Waals surface area contributed by atoms with Crippen molar-refractivity contribution in [3.63, 3.8) is 0 Å². The van der Waals surface area contributed by atoms with Crippen LogP contribution in [0.2, 0.25) is 22.5 Å². The molecule has 1 aliphatic heterocycles. The van der Waals surface area contributed by atoms with Crippen LogP contribution in [-0.2, 0) is 17.5 Å². The molecular formula is C29H33ClN4O3SSi. The Labute approximate surface area is 240 Å². The lowest BCUT2D eigenvalue weighted by Gasteiger charge is -2.36. The molecule has 0 saturated heterocycles. The highest BCUT2D eigenvalue weighted by molar-refractivity contribution is 7.18. The van der Waals surface area contributed by atoms with Crippen LogP contribution >= 0.6 is 22.9 Å². The number of benzene rings is 2. The lowest BCUT2D eigenvalue weighted by Crippen LogP contribution is -2.42. The van der Waals surface area contributed by atoms with Gasteiger partial charge in [-0.3, -0.25) is 14.5 Å². The Morgan fingerprint density at radius 2 is 1.95 bits per heavy atom. The third kappa shape index (κ3) is 6.53. The van der Waals surface area contributed by atoms with Crippen LogP contribution in [0.25, 0.3) is 0 Å². The molecule has 2 aromatic carbocycles.